The van der Waals surface area contributed by atoms with E-state index in [4.69, 9.17) is 0 Å². The van der Waals surface area contributed by atoms with E-state index < -0.39 is 0 Å². The number of H-pyrrole nitrogens is 1. The summed E-state index contributed by atoms with van der Waals surface area (Å²) in [7, 11) is 0. The van der Waals surface area contributed by atoms with E-state index in [1.807, 2.05) is 0 Å². The lowest BCUT2D eigenvalue weighted by Gasteiger charge is -1.96. The van der Waals surface area contributed by atoms with Crippen LogP contribution in [0, 0.1) is 13.8 Å². The van der Waals surface area contributed by atoms with Crippen LogP contribution >= 0.6 is 15.9 Å². The van der Waals surface area contributed by atoms with Gasteiger partial charge in [-0.05, 0) is 31.5 Å². The van der Waals surface area contributed by atoms with Crippen molar-refractivity contribution >= 4 is 27.0 Å². The van der Waals surface area contributed by atoms with Crippen molar-refractivity contribution in [3.8, 4) is 11.4 Å². The molecule has 0 amide bonds. The van der Waals surface area contributed by atoms with Crippen LogP contribution in [0.1, 0.15) is 11.1 Å². The number of hydrogen-bond acceptors (Lipinski definition) is 1. The Balaban J connectivity index is 2.19. The minimum atomic E-state index is 0.922. The summed E-state index contributed by atoms with van der Waals surface area (Å²) in [5, 5.41) is 0. The van der Waals surface area contributed by atoms with Crippen molar-refractivity contribution in [1.82, 2.24) is 9.97 Å². The molecule has 0 fully saturated rings. The molecule has 90 valence electrons. The maximum absolute atomic E-state index is 4.68. The molecular formula is C15H13BrN2. The molecule has 0 radical (unpaired) electrons. The Morgan fingerprint density at radius 1 is 1.06 bits per heavy atom. The monoisotopic (exact) mass is 300 g/mol. The third-order valence-corrected chi connectivity index (χ3v) is 3.52. The van der Waals surface area contributed by atoms with Gasteiger partial charge in [0.2, 0.25) is 0 Å². The molecule has 1 heterocycles. The number of nitrogens with one attached hydrogen (secondary N) is 1. The second-order valence-electron chi connectivity index (χ2n) is 4.57. The van der Waals surface area contributed by atoms with E-state index in [9.17, 15) is 0 Å². The van der Waals surface area contributed by atoms with Crippen LogP contribution in [0.4, 0.5) is 0 Å². The Morgan fingerprint density at radius 3 is 2.50 bits per heavy atom. The highest BCUT2D eigenvalue weighted by molar-refractivity contribution is 9.10. The second-order valence-corrected chi connectivity index (χ2v) is 5.49. The van der Waals surface area contributed by atoms with E-state index in [1.165, 1.54) is 11.1 Å². The minimum absolute atomic E-state index is 0.922. The molecule has 0 aliphatic carbocycles. The zero-order valence-electron chi connectivity index (χ0n) is 10.3. The maximum Gasteiger partial charge on any atom is 0.138 e. The summed E-state index contributed by atoms with van der Waals surface area (Å²) in [6, 6.07) is 12.5. The van der Waals surface area contributed by atoms with Crippen LogP contribution in [0.25, 0.3) is 22.4 Å². The predicted octanol–water partition coefficient (Wildman–Crippen LogP) is 4.61. The van der Waals surface area contributed by atoms with E-state index >= 15 is 0 Å². The lowest BCUT2D eigenvalue weighted by molar-refractivity contribution is 1.32. The Kier molecular flexibility index (Phi) is 2.71. The van der Waals surface area contributed by atoms with Gasteiger partial charge in [-0.2, -0.15) is 0 Å². The number of rotatable bonds is 1. The van der Waals surface area contributed by atoms with Gasteiger partial charge in [0.05, 0.1) is 11.0 Å². The van der Waals surface area contributed by atoms with Crippen molar-refractivity contribution in [2.45, 2.75) is 13.8 Å². The van der Waals surface area contributed by atoms with E-state index in [1.54, 1.807) is 0 Å². The number of halogens is 1. The standard InChI is InChI=1S/C15H13BrN2/c1-9-3-5-11(6-4-9)15-17-13-8-12(16)7-10(2)14(13)18-15/h3-8H,1-2H3,(H,17,18). The van der Waals surface area contributed by atoms with E-state index in [2.05, 4.69) is 76.1 Å². The number of benzene rings is 2. The third kappa shape index (κ3) is 1.95. The van der Waals surface area contributed by atoms with Gasteiger partial charge in [-0.1, -0.05) is 45.8 Å². The van der Waals surface area contributed by atoms with Crippen LogP contribution in [-0.2, 0) is 0 Å². The number of aryl methyl sites for hydroxylation is 2. The maximum atomic E-state index is 4.68. The van der Waals surface area contributed by atoms with Crippen molar-refractivity contribution in [3.63, 3.8) is 0 Å². The lowest BCUT2D eigenvalue weighted by atomic mass is 10.1. The van der Waals surface area contributed by atoms with Crippen LogP contribution in [0.3, 0.4) is 0 Å². The van der Waals surface area contributed by atoms with Gasteiger partial charge in [-0.25, -0.2) is 4.98 Å². The van der Waals surface area contributed by atoms with Crippen molar-refractivity contribution in [2.75, 3.05) is 0 Å². The van der Waals surface area contributed by atoms with Crippen LogP contribution < -0.4 is 0 Å². The van der Waals surface area contributed by atoms with Crippen molar-refractivity contribution in [3.05, 3.63) is 52.0 Å². The van der Waals surface area contributed by atoms with Gasteiger partial charge < -0.3 is 4.98 Å². The van der Waals surface area contributed by atoms with E-state index in [-0.39, 0.29) is 0 Å². The number of fused-ring (bicyclic) bond motifs is 1. The molecule has 3 aromatic rings. The summed E-state index contributed by atoms with van der Waals surface area (Å²) in [6.07, 6.45) is 0. The van der Waals surface area contributed by atoms with Crippen LogP contribution in [0.15, 0.2) is 40.9 Å². The molecule has 0 bridgehead atoms. The molecule has 3 heteroatoms. The first-order valence-corrected chi connectivity index (χ1v) is 6.66. The highest BCUT2D eigenvalue weighted by Crippen LogP contribution is 2.26. The first-order valence-electron chi connectivity index (χ1n) is 5.86. The highest BCUT2D eigenvalue weighted by Gasteiger charge is 2.07. The molecular weight excluding hydrogens is 288 g/mol. The van der Waals surface area contributed by atoms with Crippen molar-refractivity contribution in [2.24, 2.45) is 0 Å². The molecule has 0 saturated carbocycles. The van der Waals surface area contributed by atoms with Gasteiger partial charge in [-0.15, -0.1) is 0 Å². The summed E-state index contributed by atoms with van der Waals surface area (Å²) < 4.78 is 1.08. The number of nitrogens with zero attached hydrogens (tertiary/aromatic N) is 1. The fourth-order valence-electron chi connectivity index (χ4n) is 2.09. The largest absolute Gasteiger partial charge is 0.338 e. The second kappa shape index (κ2) is 4.25. The topological polar surface area (TPSA) is 28.7 Å². The summed E-state index contributed by atoms with van der Waals surface area (Å²) in [5.41, 5.74) is 5.65. The summed E-state index contributed by atoms with van der Waals surface area (Å²) in [6.45, 7) is 4.16. The minimum Gasteiger partial charge on any atom is -0.338 e. The van der Waals surface area contributed by atoms with Gasteiger partial charge in [0, 0.05) is 10.0 Å². The summed E-state index contributed by atoms with van der Waals surface area (Å²) in [5.74, 6) is 0.922. The number of aromatic amines is 1. The number of hydrogen-bond donors (Lipinski definition) is 1. The molecule has 3 rings (SSSR count). The highest BCUT2D eigenvalue weighted by atomic mass is 79.9. The summed E-state index contributed by atoms with van der Waals surface area (Å²) in [4.78, 5) is 8.05. The first kappa shape index (κ1) is 11.5. The van der Waals surface area contributed by atoms with Gasteiger partial charge in [0.1, 0.15) is 5.82 Å². The molecule has 0 saturated heterocycles. The van der Waals surface area contributed by atoms with Crippen LogP contribution in [0.2, 0.25) is 0 Å². The van der Waals surface area contributed by atoms with Crippen molar-refractivity contribution in [1.29, 1.82) is 0 Å². The van der Waals surface area contributed by atoms with E-state index in [0.29, 0.717) is 0 Å². The van der Waals surface area contributed by atoms with Crippen molar-refractivity contribution < 1.29 is 0 Å². The molecule has 18 heavy (non-hydrogen) atoms. The fraction of sp³-hybridized carbons (Fsp3) is 0.133. The van der Waals surface area contributed by atoms with Gasteiger partial charge >= 0.3 is 0 Å². The molecule has 2 nitrogen and oxygen atoms in total. The number of imidazole rings is 1. The molecule has 0 spiro atoms. The Morgan fingerprint density at radius 2 is 1.78 bits per heavy atom. The Bertz CT molecular complexity index is 711. The smallest absolute Gasteiger partial charge is 0.138 e. The molecule has 0 aliphatic heterocycles. The Hall–Kier alpha value is -1.61. The normalized spacial score (nSPS) is 11.1. The average molecular weight is 301 g/mol. The zero-order chi connectivity index (χ0) is 12.7. The number of aromatic nitrogens is 2. The third-order valence-electron chi connectivity index (χ3n) is 3.07. The van der Waals surface area contributed by atoms with Crippen LogP contribution in [-0.4, -0.2) is 9.97 Å². The van der Waals surface area contributed by atoms with E-state index in [0.717, 1.165) is 26.9 Å². The summed E-state index contributed by atoms with van der Waals surface area (Å²) >= 11 is 3.51. The molecule has 1 aromatic heterocycles. The first-order chi connectivity index (χ1) is 8.63. The fourth-order valence-corrected chi connectivity index (χ4v) is 2.67. The quantitative estimate of drug-likeness (QED) is 0.698. The lowest BCUT2D eigenvalue weighted by Crippen LogP contribution is -1.80. The van der Waals surface area contributed by atoms with Gasteiger partial charge in [0.25, 0.3) is 0 Å². The molecule has 0 atom stereocenters. The van der Waals surface area contributed by atoms with Gasteiger partial charge in [0.15, 0.2) is 0 Å². The molecule has 1 N–H and O–H groups in total. The zero-order valence-corrected chi connectivity index (χ0v) is 11.9. The van der Waals surface area contributed by atoms with Crippen LogP contribution in [0.5, 0.6) is 0 Å². The molecule has 0 unspecified atom stereocenters. The predicted molar refractivity (Wildman–Crippen MR) is 78.7 cm³/mol. The average Bonchev–Trinajstić information content (AvgIpc) is 2.74. The van der Waals surface area contributed by atoms with Gasteiger partial charge in [-0.3, -0.25) is 0 Å². The molecule has 0 aliphatic rings. The SMILES string of the molecule is Cc1ccc(-c2nc3c(C)cc(Br)cc3[nH]2)cc1. The molecule has 2 aromatic carbocycles. The Labute approximate surface area is 114 Å².